The molecule has 0 aromatic heterocycles. The molecule has 0 spiro atoms. The van der Waals surface area contributed by atoms with Crippen molar-refractivity contribution < 1.29 is 8.78 Å². The molecule has 6 heteroatoms. The van der Waals surface area contributed by atoms with E-state index in [4.69, 9.17) is 5.73 Å². The summed E-state index contributed by atoms with van der Waals surface area (Å²) in [6, 6.07) is 3.40. The highest BCUT2D eigenvalue weighted by molar-refractivity contribution is 7.80. The van der Waals surface area contributed by atoms with E-state index in [1.165, 1.54) is 12.3 Å². The lowest BCUT2D eigenvalue weighted by molar-refractivity contribution is 0.508. The average Bonchev–Trinajstić information content (AvgIpc) is 2.10. The van der Waals surface area contributed by atoms with Gasteiger partial charge in [0.1, 0.15) is 0 Å². The Kier molecular flexibility index (Phi) is 3.47. The first-order valence-electron chi connectivity index (χ1n) is 3.63. The predicted octanol–water partition coefficient (Wildman–Crippen LogP) is 1.13. The molecule has 0 saturated carbocycles. The van der Waals surface area contributed by atoms with Crippen LogP contribution in [0.2, 0.25) is 0 Å². The van der Waals surface area contributed by atoms with Gasteiger partial charge in [0.25, 0.3) is 0 Å². The van der Waals surface area contributed by atoms with Gasteiger partial charge in [-0.25, -0.2) is 8.78 Å². The number of hydrazone groups is 1. The van der Waals surface area contributed by atoms with Gasteiger partial charge in [0.2, 0.25) is 0 Å². The van der Waals surface area contributed by atoms with Crippen LogP contribution in [0.25, 0.3) is 0 Å². The van der Waals surface area contributed by atoms with Gasteiger partial charge >= 0.3 is 0 Å². The van der Waals surface area contributed by atoms with E-state index >= 15 is 0 Å². The molecule has 3 nitrogen and oxygen atoms in total. The smallest absolute Gasteiger partial charge is 0.184 e. The number of thiocarbonyl (C=S) groups is 1. The van der Waals surface area contributed by atoms with E-state index in [9.17, 15) is 8.78 Å². The lowest BCUT2D eigenvalue weighted by Gasteiger charge is -1.96. The number of rotatable bonds is 2. The van der Waals surface area contributed by atoms with Crippen LogP contribution in [-0.2, 0) is 0 Å². The van der Waals surface area contributed by atoms with Crippen molar-refractivity contribution in [1.82, 2.24) is 5.43 Å². The summed E-state index contributed by atoms with van der Waals surface area (Å²) < 4.78 is 25.1. The first-order valence-corrected chi connectivity index (χ1v) is 4.04. The molecule has 0 saturated heterocycles. The normalized spacial score (nSPS) is 10.4. The fraction of sp³-hybridized carbons (Fsp3) is 0. The van der Waals surface area contributed by atoms with Crippen LogP contribution >= 0.6 is 12.2 Å². The van der Waals surface area contributed by atoms with Crippen LogP contribution in [0.1, 0.15) is 5.56 Å². The maximum atomic E-state index is 12.7. The molecule has 0 bridgehead atoms. The minimum atomic E-state index is -0.927. The highest BCUT2D eigenvalue weighted by atomic mass is 32.1. The van der Waals surface area contributed by atoms with Gasteiger partial charge in [-0.05, 0) is 29.9 Å². The van der Waals surface area contributed by atoms with Crippen molar-refractivity contribution in [2.45, 2.75) is 0 Å². The van der Waals surface area contributed by atoms with Crippen LogP contribution in [0.15, 0.2) is 23.3 Å². The Morgan fingerprint density at radius 1 is 1.43 bits per heavy atom. The van der Waals surface area contributed by atoms with E-state index in [0.717, 1.165) is 12.1 Å². The van der Waals surface area contributed by atoms with Gasteiger partial charge in [0.05, 0.1) is 6.21 Å². The lowest BCUT2D eigenvalue weighted by Crippen LogP contribution is -2.23. The second-order valence-corrected chi connectivity index (χ2v) is 2.85. The Balaban J connectivity index is 2.73. The third-order valence-electron chi connectivity index (χ3n) is 1.33. The maximum absolute atomic E-state index is 12.7. The van der Waals surface area contributed by atoms with Crippen molar-refractivity contribution in [1.29, 1.82) is 0 Å². The quantitative estimate of drug-likeness (QED) is 0.442. The molecule has 14 heavy (non-hydrogen) atoms. The third-order valence-corrected chi connectivity index (χ3v) is 1.42. The van der Waals surface area contributed by atoms with Crippen molar-refractivity contribution in [2.24, 2.45) is 10.8 Å². The monoisotopic (exact) mass is 215 g/mol. The van der Waals surface area contributed by atoms with Crippen LogP contribution < -0.4 is 11.2 Å². The molecule has 0 aliphatic carbocycles. The van der Waals surface area contributed by atoms with E-state index in [1.807, 2.05) is 0 Å². The molecule has 3 N–H and O–H groups in total. The van der Waals surface area contributed by atoms with Gasteiger partial charge in [-0.1, -0.05) is 6.07 Å². The molecule has 74 valence electrons. The predicted molar refractivity (Wildman–Crippen MR) is 53.9 cm³/mol. The maximum Gasteiger partial charge on any atom is 0.184 e. The average molecular weight is 215 g/mol. The first-order chi connectivity index (χ1) is 6.59. The summed E-state index contributed by atoms with van der Waals surface area (Å²) in [5, 5.41) is 3.59. The zero-order valence-corrected chi connectivity index (χ0v) is 7.81. The fourth-order valence-corrected chi connectivity index (χ4v) is 0.816. The number of nitrogens with two attached hydrogens (primary N) is 1. The van der Waals surface area contributed by atoms with E-state index in [0.29, 0.717) is 5.56 Å². The number of nitrogens with zero attached hydrogens (tertiary/aromatic N) is 1. The minimum absolute atomic E-state index is 0.00355. The summed E-state index contributed by atoms with van der Waals surface area (Å²) in [5.74, 6) is -1.83. The number of benzene rings is 1. The van der Waals surface area contributed by atoms with Crippen molar-refractivity contribution in [3.63, 3.8) is 0 Å². The Morgan fingerprint density at radius 2 is 2.14 bits per heavy atom. The van der Waals surface area contributed by atoms with Gasteiger partial charge < -0.3 is 5.73 Å². The van der Waals surface area contributed by atoms with Gasteiger partial charge in [0.15, 0.2) is 16.7 Å². The van der Waals surface area contributed by atoms with Gasteiger partial charge in [-0.3, -0.25) is 5.43 Å². The number of halogens is 2. The summed E-state index contributed by atoms with van der Waals surface area (Å²) >= 11 is 4.48. The lowest BCUT2D eigenvalue weighted by atomic mass is 10.2. The second kappa shape index (κ2) is 4.61. The summed E-state index contributed by atoms with van der Waals surface area (Å²) in [4.78, 5) is 0. The molecule has 0 heterocycles. The largest absolute Gasteiger partial charge is 0.375 e. The standard InChI is InChI=1S/C8H7F2N3S/c9-6-2-1-5(3-7(6)10)4-12-13-8(11)14/h1-4H,(H3,11,13,14)/b12-4+. The Labute approximate surface area is 84.6 Å². The Hall–Kier alpha value is -1.56. The summed E-state index contributed by atoms with van der Waals surface area (Å²) in [5.41, 5.74) is 7.78. The molecular formula is C8H7F2N3S. The molecule has 0 aliphatic heterocycles. The van der Waals surface area contributed by atoms with Gasteiger partial charge in [-0.2, -0.15) is 5.10 Å². The van der Waals surface area contributed by atoms with Gasteiger partial charge in [0, 0.05) is 0 Å². The Bertz CT molecular complexity index is 379. The van der Waals surface area contributed by atoms with Crippen molar-refractivity contribution >= 4 is 23.5 Å². The second-order valence-electron chi connectivity index (χ2n) is 2.41. The molecule has 0 radical (unpaired) electrons. The zero-order chi connectivity index (χ0) is 10.6. The van der Waals surface area contributed by atoms with Crippen LogP contribution in [0.3, 0.4) is 0 Å². The van der Waals surface area contributed by atoms with Crippen molar-refractivity contribution in [3.8, 4) is 0 Å². The highest BCUT2D eigenvalue weighted by Gasteiger charge is 1.99. The Morgan fingerprint density at radius 3 is 2.71 bits per heavy atom. The molecule has 1 rings (SSSR count). The highest BCUT2D eigenvalue weighted by Crippen LogP contribution is 2.06. The van der Waals surface area contributed by atoms with E-state index < -0.39 is 11.6 Å². The summed E-state index contributed by atoms with van der Waals surface area (Å²) in [6.45, 7) is 0. The van der Waals surface area contributed by atoms with Crippen LogP contribution in [0, 0.1) is 11.6 Å². The molecule has 0 atom stereocenters. The van der Waals surface area contributed by atoms with Crippen LogP contribution in [0.5, 0.6) is 0 Å². The first kappa shape index (κ1) is 10.5. The number of nitrogens with one attached hydrogen (secondary N) is 1. The topological polar surface area (TPSA) is 50.4 Å². The number of hydrogen-bond acceptors (Lipinski definition) is 2. The van der Waals surface area contributed by atoms with E-state index in [2.05, 4.69) is 22.7 Å². The van der Waals surface area contributed by atoms with Crippen molar-refractivity contribution in [3.05, 3.63) is 35.4 Å². The molecule has 1 aromatic carbocycles. The van der Waals surface area contributed by atoms with Crippen LogP contribution in [-0.4, -0.2) is 11.3 Å². The van der Waals surface area contributed by atoms with E-state index in [1.54, 1.807) is 0 Å². The molecule has 0 unspecified atom stereocenters. The third kappa shape index (κ3) is 3.06. The molecule has 0 amide bonds. The number of hydrogen-bond donors (Lipinski definition) is 2. The SMILES string of the molecule is NC(=S)N/N=C/c1ccc(F)c(F)c1. The fourth-order valence-electron chi connectivity index (χ4n) is 0.763. The summed E-state index contributed by atoms with van der Waals surface area (Å²) in [6.07, 6.45) is 1.28. The summed E-state index contributed by atoms with van der Waals surface area (Å²) in [7, 11) is 0. The minimum Gasteiger partial charge on any atom is -0.375 e. The molecular weight excluding hydrogens is 208 g/mol. The van der Waals surface area contributed by atoms with Crippen molar-refractivity contribution in [2.75, 3.05) is 0 Å². The molecule has 0 aliphatic rings. The van der Waals surface area contributed by atoms with Crippen LogP contribution in [0.4, 0.5) is 8.78 Å². The van der Waals surface area contributed by atoms with E-state index in [-0.39, 0.29) is 5.11 Å². The molecule has 0 fully saturated rings. The van der Waals surface area contributed by atoms with Gasteiger partial charge in [-0.15, -0.1) is 0 Å². The zero-order valence-electron chi connectivity index (χ0n) is 7.00. The molecule has 1 aromatic rings.